The van der Waals surface area contributed by atoms with Crippen molar-refractivity contribution >= 4 is 9.84 Å². The third-order valence-electron chi connectivity index (χ3n) is 3.15. The van der Waals surface area contributed by atoms with E-state index in [1.165, 1.54) is 11.8 Å². The molecule has 0 heterocycles. The predicted molar refractivity (Wildman–Crippen MR) is 83.6 cm³/mol. The lowest BCUT2D eigenvalue weighted by molar-refractivity contribution is 0.478. The Kier molecular flexibility index (Phi) is 4.65. The smallest absolute Gasteiger partial charge is 0.175 e. The number of benzene rings is 2. The highest BCUT2D eigenvalue weighted by atomic mass is 32.2. The number of aryl methyl sites for hydroxylation is 1. The normalized spacial score (nSPS) is 11.4. The lowest BCUT2D eigenvalue weighted by atomic mass is 10.1. The Morgan fingerprint density at radius 1 is 1.10 bits per heavy atom. The van der Waals surface area contributed by atoms with E-state index in [9.17, 15) is 8.42 Å². The Labute approximate surface area is 125 Å². The van der Waals surface area contributed by atoms with E-state index < -0.39 is 9.84 Å². The molecule has 0 aromatic heterocycles. The molecule has 0 aliphatic heterocycles. The lowest BCUT2D eigenvalue weighted by Gasteiger charge is -2.10. The molecule has 0 spiro atoms. The maximum absolute atomic E-state index is 11.4. The third-order valence-corrected chi connectivity index (χ3v) is 4.28. The molecule has 0 saturated carbocycles. The topological polar surface area (TPSA) is 69.4 Å². The quantitative estimate of drug-likeness (QED) is 0.922. The number of hydrogen-bond donors (Lipinski definition) is 1. The van der Waals surface area contributed by atoms with E-state index in [-0.39, 0.29) is 4.90 Å². The standard InChI is InChI=1S/C16H19NO3S/c1-12-11-13(9-10-17)3-8-16(12)20-14-4-6-15(7-5-14)21(2,18)19/h3-8,11H,9-10,17H2,1-2H3. The Morgan fingerprint density at radius 2 is 1.76 bits per heavy atom. The molecule has 2 aromatic carbocycles. The summed E-state index contributed by atoms with van der Waals surface area (Å²) in [5, 5.41) is 0. The molecular formula is C16H19NO3S. The first-order valence-corrected chi connectivity index (χ1v) is 8.57. The van der Waals surface area contributed by atoms with E-state index >= 15 is 0 Å². The molecule has 4 nitrogen and oxygen atoms in total. The lowest BCUT2D eigenvalue weighted by Crippen LogP contribution is -2.02. The molecule has 2 rings (SSSR count). The van der Waals surface area contributed by atoms with E-state index in [2.05, 4.69) is 0 Å². The minimum absolute atomic E-state index is 0.282. The highest BCUT2D eigenvalue weighted by Gasteiger charge is 2.08. The minimum atomic E-state index is -3.18. The molecule has 0 saturated heterocycles. The molecular weight excluding hydrogens is 286 g/mol. The van der Waals surface area contributed by atoms with Gasteiger partial charge in [0.05, 0.1) is 4.90 Å². The number of rotatable bonds is 5. The van der Waals surface area contributed by atoms with Gasteiger partial charge in [-0.3, -0.25) is 0 Å². The van der Waals surface area contributed by atoms with Gasteiger partial charge < -0.3 is 10.5 Å². The first-order valence-electron chi connectivity index (χ1n) is 6.68. The van der Waals surface area contributed by atoms with Crippen LogP contribution < -0.4 is 10.5 Å². The van der Waals surface area contributed by atoms with Crippen LogP contribution in [0.15, 0.2) is 47.4 Å². The summed E-state index contributed by atoms with van der Waals surface area (Å²) in [6.45, 7) is 2.59. The fourth-order valence-electron chi connectivity index (χ4n) is 2.03. The second-order valence-corrected chi connectivity index (χ2v) is 7.00. The molecule has 0 fully saturated rings. The Hall–Kier alpha value is -1.85. The van der Waals surface area contributed by atoms with Crippen molar-refractivity contribution in [2.75, 3.05) is 12.8 Å². The number of sulfone groups is 1. The number of nitrogens with two attached hydrogens (primary N) is 1. The van der Waals surface area contributed by atoms with Gasteiger partial charge in [-0.05, 0) is 61.3 Å². The van der Waals surface area contributed by atoms with Crippen molar-refractivity contribution in [3.8, 4) is 11.5 Å². The Balaban J connectivity index is 2.18. The van der Waals surface area contributed by atoms with Crippen molar-refractivity contribution in [3.63, 3.8) is 0 Å². The van der Waals surface area contributed by atoms with Crippen molar-refractivity contribution < 1.29 is 13.2 Å². The van der Waals surface area contributed by atoms with E-state index in [0.717, 1.165) is 17.7 Å². The fourth-order valence-corrected chi connectivity index (χ4v) is 2.66. The summed E-state index contributed by atoms with van der Waals surface area (Å²) < 4.78 is 28.6. The molecule has 112 valence electrons. The van der Waals surface area contributed by atoms with Gasteiger partial charge in [-0.25, -0.2) is 8.42 Å². The predicted octanol–water partition coefficient (Wildman–Crippen LogP) is 2.69. The first-order chi connectivity index (χ1) is 9.90. The van der Waals surface area contributed by atoms with Crippen molar-refractivity contribution in [1.29, 1.82) is 0 Å². The zero-order valence-electron chi connectivity index (χ0n) is 12.2. The maximum atomic E-state index is 11.4. The molecule has 0 radical (unpaired) electrons. The number of hydrogen-bond acceptors (Lipinski definition) is 4. The molecule has 5 heteroatoms. The number of ether oxygens (including phenoxy) is 1. The van der Waals surface area contributed by atoms with Gasteiger partial charge in [-0.15, -0.1) is 0 Å². The van der Waals surface area contributed by atoms with Crippen LogP contribution in [0.25, 0.3) is 0 Å². The zero-order chi connectivity index (χ0) is 15.5. The summed E-state index contributed by atoms with van der Waals surface area (Å²) in [6, 6.07) is 12.3. The summed E-state index contributed by atoms with van der Waals surface area (Å²) in [6.07, 6.45) is 2.02. The van der Waals surface area contributed by atoms with Gasteiger partial charge in [0.15, 0.2) is 9.84 Å². The average molecular weight is 305 g/mol. The fraction of sp³-hybridized carbons (Fsp3) is 0.250. The van der Waals surface area contributed by atoms with Crippen LogP contribution in [0.5, 0.6) is 11.5 Å². The zero-order valence-corrected chi connectivity index (χ0v) is 13.0. The van der Waals surface area contributed by atoms with Gasteiger partial charge in [-0.1, -0.05) is 12.1 Å². The minimum Gasteiger partial charge on any atom is -0.457 e. The van der Waals surface area contributed by atoms with E-state index in [1.807, 2.05) is 25.1 Å². The van der Waals surface area contributed by atoms with Crippen LogP contribution in [0.2, 0.25) is 0 Å². The molecule has 21 heavy (non-hydrogen) atoms. The van der Waals surface area contributed by atoms with Crippen molar-refractivity contribution in [2.24, 2.45) is 5.73 Å². The highest BCUT2D eigenvalue weighted by Crippen LogP contribution is 2.26. The molecule has 0 unspecified atom stereocenters. The molecule has 2 aromatic rings. The summed E-state index contributed by atoms with van der Waals surface area (Å²) in [4.78, 5) is 0.282. The second kappa shape index (κ2) is 6.28. The van der Waals surface area contributed by atoms with Crippen LogP contribution in [0, 0.1) is 6.92 Å². The monoisotopic (exact) mass is 305 g/mol. The average Bonchev–Trinajstić information content (AvgIpc) is 2.42. The van der Waals surface area contributed by atoms with Gasteiger partial charge in [-0.2, -0.15) is 0 Å². The van der Waals surface area contributed by atoms with Crippen LogP contribution in [0.4, 0.5) is 0 Å². The summed E-state index contributed by atoms with van der Waals surface area (Å²) in [5.74, 6) is 1.36. The van der Waals surface area contributed by atoms with E-state index in [4.69, 9.17) is 10.5 Å². The first kappa shape index (κ1) is 15.5. The summed E-state index contributed by atoms with van der Waals surface area (Å²) >= 11 is 0. The van der Waals surface area contributed by atoms with Crippen LogP contribution in [0.3, 0.4) is 0 Å². The van der Waals surface area contributed by atoms with Crippen molar-refractivity contribution in [1.82, 2.24) is 0 Å². The van der Waals surface area contributed by atoms with Crippen LogP contribution >= 0.6 is 0 Å². The van der Waals surface area contributed by atoms with Crippen molar-refractivity contribution in [3.05, 3.63) is 53.6 Å². The van der Waals surface area contributed by atoms with E-state index in [0.29, 0.717) is 12.3 Å². The molecule has 0 aliphatic carbocycles. The van der Waals surface area contributed by atoms with Gasteiger partial charge in [0.25, 0.3) is 0 Å². The summed E-state index contributed by atoms with van der Waals surface area (Å²) in [7, 11) is -3.18. The van der Waals surface area contributed by atoms with Crippen LogP contribution in [-0.4, -0.2) is 21.2 Å². The molecule has 0 atom stereocenters. The second-order valence-electron chi connectivity index (χ2n) is 4.98. The highest BCUT2D eigenvalue weighted by molar-refractivity contribution is 7.90. The molecule has 0 aliphatic rings. The van der Waals surface area contributed by atoms with Crippen molar-refractivity contribution in [2.45, 2.75) is 18.2 Å². The SMILES string of the molecule is Cc1cc(CCN)ccc1Oc1ccc(S(C)(=O)=O)cc1. The molecule has 0 bridgehead atoms. The summed E-state index contributed by atoms with van der Waals surface area (Å²) in [5.41, 5.74) is 7.74. The van der Waals surface area contributed by atoms with Crippen LogP contribution in [0.1, 0.15) is 11.1 Å². The molecule has 0 amide bonds. The van der Waals surface area contributed by atoms with Gasteiger partial charge >= 0.3 is 0 Å². The van der Waals surface area contributed by atoms with Crippen LogP contribution in [-0.2, 0) is 16.3 Å². The van der Waals surface area contributed by atoms with Gasteiger partial charge in [0.2, 0.25) is 0 Å². The third kappa shape index (κ3) is 4.06. The Morgan fingerprint density at radius 3 is 2.29 bits per heavy atom. The van der Waals surface area contributed by atoms with E-state index in [1.54, 1.807) is 24.3 Å². The largest absolute Gasteiger partial charge is 0.457 e. The molecule has 2 N–H and O–H groups in total. The van der Waals surface area contributed by atoms with Gasteiger partial charge in [0, 0.05) is 6.26 Å². The maximum Gasteiger partial charge on any atom is 0.175 e. The Bertz CT molecular complexity index is 722. The van der Waals surface area contributed by atoms with Gasteiger partial charge in [0.1, 0.15) is 11.5 Å².